The largest absolute Gasteiger partial charge is 0.497 e. The molecular weight excluding hydrogens is 212 g/mol. The van der Waals surface area contributed by atoms with Crippen LogP contribution >= 0.6 is 0 Å². The lowest BCUT2D eigenvalue weighted by Crippen LogP contribution is -2.26. The van der Waals surface area contributed by atoms with E-state index in [2.05, 4.69) is 27.6 Å². The van der Waals surface area contributed by atoms with Crippen LogP contribution in [0.3, 0.4) is 0 Å². The number of fused-ring (bicyclic) bond motifs is 1. The number of hydrogen-bond acceptors (Lipinski definition) is 1. The Morgan fingerprint density at radius 1 is 1.06 bits per heavy atom. The molecule has 17 heavy (non-hydrogen) atoms. The number of hydrogen-bond donors (Lipinski definition) is 0. The van der Waals surface area contributed by atoms with Crippen LogP contribution in [0.25, 0.3) is 11.2 Å². The van der Waals surface area contributed by atoms with E-state index in [1.54, 1.807) is 7.11 Å². The summed E-state index contributed by atoms with van der Waals surface area (Å²) in [6, 6.07) is 14.1. The average Bonchev–Trinajstić information content (AvgIpc) is 2.82. The molecule has 3 nitrogen and oxygen atoms in total. The second-order valence-corrected chi connectivity index (χ2v) is 3.88. The molecule has 0 amide bonds. The zero-order chi connectivity index (χ0) is 11.7. The SMILES string of the molecule is COc1ccc(-[n+]2cc3ccccn3c2)cc1. The van der Waals surface area contributed by atoms with Crippen LogP contribution < -0.4 is 9.30 Å². The summed E-state index contributed by atoms with van der Waals surface area (Å²) in [6.07, 6.45) is 6.19. The van der Waals surface area contributed by atoms with Crippen LogP contribution in [-0.4, -0.2) is 11.5 Å². The topological polar surface area (TPSA) is 17.5 Å². The third-order valence-corrected chi connectivity index (χ3v) is 2.81. The Kier molecular flexibility index (Phi) is 2.29. The van der Waals surface area contributed by atoms with Crippen LogP contribution in [0, 0.1) is 0 Å². The van der Waals surface area contributed by atoms with Crippen molar-refractivity contribution in [2.24, 2.45) is 0 Å². The van der Waals surface area contributed by atoms with Gasteiger partial charge in [0.1, 0.15) is 17.6 Å². The average molecular weight is 225 g/mol. The summed E-state index contributed by atoms with van der Waals surface area (Å²) in [5.41, 5.74) is 2.29. The Hall–Kier alpha value is -2.29. The van der Waals surface area contributed by atoms with Crippen LogP contribution in [-0.2, 0) is 0 Å². The van der Waals surface area contributed by atoms with Crippen LogP contribution in [0.4, 0.5) is 0 Å². The van der Waals surface area contributed by atoms with Gasteiger partial charge < -0.3 is 4.74 Å². The summed E-state index contributed by atoms with van der Waals surface area (Å²) in [7, 11) is 1.68. The van der Waals surface area contributed by atoms with Crippen molar-refractivity contribution in [2.75, 3.05) is 7.11 Å². The molecule has 0 fully saturated rings. The molecule has 0 unspecified atom stereocenters. The number of pyridine rings is 1. The van der Waals surface area contributed by atoms with Gasteiger partial charge in [-0.3, -0.25) is 0 Å². The number of aromatic nitrogens is 2. The highest BCUT2D eigenvalue weighted by Gasteiger charge is 2.07. The molecule has 2 heterocycles. The molecular formula is C14H13N2O+. The highest BCUT2D eigenvalue weighted by molar-refractivity contribution is 5.43. The quantitative estimate of drug-likeness (QED) is 0.611. The minimum atomic E-state index is 0.873. The van der Waals surface area contributed by atoms with Gasteiger partial charge in [0.25, 0.3) is 6.33 Å². The Bertz CT molecular complexity index is 608. The zero-order valence-corrected chi connectivity index (χ0v) is 9.58. The Labute approximate surface area is 99.5 Å². The van der Waals surface area contributed by atoms with Crippen LogP contribution in [0.5, 0.6) is 5.75 Å². The predicted molar refractivity (Wildman–Crippen MR) is 65.5 cm³/mol. The van der Waals surface area contributed by atoms with Crippen molar-refractivity contribution in [3.8, 4) is 11.4 Å². The maximum absolute atomic E-state index is 5.15. The second kappa shape index (κ2) is 3.94. The standard InChI is InChI=1S/C14H13N2O/c1-17-14-7-5-12(6-8-14)16-10-13-4-2-3-9-15(13)11-16/h2-11H,1H3/q+1. The first-order chi connectivity index (χ1) is 8.36. The number of rotatable bonds is 2. The summed E-state index contributed by atoms with van der Waals surface area (Å²) in [4.78, 5) is 0. The molecule has 3 aromatic rings. The van der Waals surface area contributed by atoms with Gasteiger partial charge in [-0.2, -0.15) is 0 Å². The second-order valence-electron chi connectivity index (χ2n) is 3.88. The third kappa shape index (κ3) is 1.76. The molecule has 0 bridgehead atoms. The predicted octanol–water partition coefficient (Wildman–Crippen LogP) is 2.22. The molecule has 0 saturated carbocycles. The highest BCUT2D eigenvalue weighted by Crippen LogP contribution is 2.11. The van der Waals surface area contributed by atoms with Gasteiger partial charge >= 0.3 is 0 Å². The Morgan fingerprint density at radius 3 is 2.59 bits per heavy atom. The summed E-state index contributed by atoms with van der Waals surface area (Å²) in [5.74, 6) is 0.873. The molecule has 0 aliphatic carbocycles. The number of ether oxygens (including phenoxy) is 1. The van der Waals surface area contributed by atoms with Gasteiger partial charge in [0.15, 0.2) is 5.52 Å². The number of nitrogens with zero attached hydrogens (tertiary/aromatic N) is 2. The lowest BCUT2D eigenvalue weighted by molar-refractivity contribution is -0.594. The van der Waals surface area contributed by atoms with E-state index < -0.39 is 0 Å². The smallest absolute Gasteiger partial charge is 0.254 e. The molecule has 0 saturated heterocycles. The van der Waals surface area contributed by atoms with Crippen molar-refractivity contribution < 1.29 is 9.30 Å². The fraction of sp³-hybridized carbons (Fsp3) is 0.0714. The fourth-order valence-corrected chi connectivity index (χ4v) is 1.89. The van der Waals surface area contributed by atoms with Crippen molar-refractivity contribution in [2.45, 2.75) is 0 Å². The molecule has 3 rings (SSSR count). The van der Waals surface area contributed by atoms with Gasteiger partial charge in [-0.15, -0.1) is 0 Å². The first-order valence-corrected chi connectivity index (χ1v) is 5.49. The maximum atomic E-state index is 5.15. The lowest BCUT2D eigenvalue weighted by atomic mass is 10.3. The molecule has 2 aromatic heterocycles. The summed E-state index contributed by atoms with van der Waals surface area (Å²) >= 11 is 0. The summed E-state index contributed by atoms with van der Waals surface area (Å²) in [6.45, 7) is 0. The van der Waals surface area contributed by atoms with Crippen molar-refractivity contribution in [3.63, 3.8) is 0 Å². The molecule has 84 valence electrons. The fourth-order valence-electron chi connectivity index (χ4n) is 1.89. The van der Waals surface area contributed by atoms with Gasteiger partial charge in [0.05, 0.1) is 13.3 Å². The maximum Gasteiger partial charge on any atom is 0.254 e. The van der Waals surface area contributed by atoms with E-state index in [1.165, 1.54) is 5.52 Å². The van der Waals surface area contributed by atoms with Crippen molar-refractivity contribution in [1.82, 2.24) is 4.40 Å². The first kappa shape index (κ1) is 9.90. The highest BCUT2D eigenvalue weighted by atomic mass is 16.5. The Balaban J connectivity index is 2.07. The minimum Gasteiger partial charge on any atom is -0.497 e. The molecule has 0 radical (unpaired) electrons. The van der Waals surface area contributed by atoms with E-state index >= 15 is 0 Å². The van der Waals surface area contributed by atoms with E-state index in [0.29, 0.717) is 0 Å². The van der Waals surface area contributed by atoms with E-state index in [0.717, 1.165) is 11.4 Å². The zero-order valence-electron chi connectivity index (χ0n) is 9.58. The molecule has 0 N–H and O–H groups in total. The van der Waals surface area contributed by atoms with Crippen molar-refractivity contribution in [1.29, 1.82) is 0 Å². The number of methoxy groups -OCH3 is 1. The van der Waals surface area contributed by atoms with Crippen LogP contribution in [0.1, 0.15) is 0 Å². The Morgan fingerprint density at radius 2 is 1.88 bits per heavy atom. The summed E-state index contributed by atoms with van der Waals surface area (Å²) in [5, 5.41) is 0. The number of benzene rings is 1. The van der Waals surface area contributed by atoms with Crippen molar-refractivity contribution in [3.05, 3.63) is 61.2 Å². The normalized spacial score (nSPS) is 10.6. The van der Waals surface area contributed by atoms with Gasteiger partial charge in [-0.25, -0.2) is 8.97 Å². The first-order valence-electron chi connectivity index (χ1n) is 5.49. The molecule has 0 atom stereocenters. The van der Waals surface area contributed by atoms with Gasteiger partial charge in [0, 0.05) is 0 Å². The lowest BCUT2D eigenvalue weighted by Gasteiger charge is -1.99. The van der Waals surface area contributed by atoms with Crippen LogP contribution in [0.15, 0.2) is 61.2 Å². The minimum absolute atomic E-state index is 0.873. The van der Waals surface area contributed by atoms with E-state index in [9.17, 15) is 0 Å². The third-order valence-electron chi connectivity index (χ3n) is 2.81. The monoisotopic (exact) mass is 225 g/mol. The molecule has 0 aliphatic heterocycles. The van der Waals surface area contributed by atoms with Gasteiger partial charge in [0.2, 0.25) is 0 Å². The van der Waals surface area contributed by atoms with E-state index in [4.69, 9.17) is 4.74 Å². The molecule has 0 spiro atoms. The molecule has 0 aliphatic rings. The van der Waals surface area contributed by atoms with Crippen molar-refractivity contribution >= 4 is 5.52 Å². The van der Waals surface area contributed by atoms with E-state index in [-0.39, 0.29) is 0 Å². The number of imidazole rings is 1. The van der Waals surface area contributed by atoms with Crippen LogP contribution in [0.2, 0.25) is 0 Å². The molecule has 3 heteroatoms. The summed E-state index contributed by atoms with van der Waals surface area (Å²) < 4.78 is 9.33. The van der Waals surface area contributed by atoms with E-state index in [1.807, 2.05) is 42.6 Å². The van der Waals surface area contributed by atoms with Gasteiger partial charge in [-0.05, 0) is 36.4 Å². The molecule has 1 aromatic carbocycles. The van der Waals surface area contributed by atoms with Gasteiger partial charge in [-0.1, -0.05) is 6.07 Å².